The second-order valence-electron chi connectivity index (χ2n) is 4.49. The van der Waals surface area contributed by atoms with E-state index in [1.54, 1.807) is 7.11 Å². The van der Waals surface area contributed by atoms with Crippen LogP contribution in [0.3, 0.4) is 0 Å². The molecule has 0 saturated carbocycles. The van der Waals surface area contributed by atoms with Crippen LogP contribution in [0.5, 0.6) is 5.75 Å². The predicted octanol–water partition coefficient (Wildman–Crippen LogP) is 0.342. The molecule has 1 atom stereocenters. The zero-order valence-corrected chi connectivity index (χ0v) is 11.1. The van der Waals surface area contributed by atoms with Crippen molar-refractivity contribution < 1.29 is 14.3 Å². The van der Waals surface area contributed by atoms with Gasteiger partial charge in [-0.05, 0) is 6.07 Å². The van der Waals surface area contributed by atoms with E-state index in [0.29, 0.717) is 19.6 Å². The van der Waals surface area contributed by atoms with Crippen LogP contribution in [0.4, 0.5) is 0 Å². The van der Waals surface area contributed by atoms with Gasteiger partial charge < -0.3 is 20.1 Å². The molecular weight excluding hydrogens is 244 g/mol. The average molecular weight is 264 g/mol. The number of rotatable bonds is 5. The van der Waals surface area contributed by atoms with Crippen molar-refractivity contribution in [3.63, 3.8) is 0 Å². The van der Waals surface area contributed by atoms with Gasteiger partial charge in [0.05, 0.1) is 26.2 Å². The number of hydrogen-bond acceptors (Lipinski definition) is 4. The van der Waals surface area contributed by atoms with Gasteiger partial charge >= 0.3 is 0 Å². The fourth-order valence-electron chi connectivity index (χ4n) is 2.06. The van der Waals surface area contributed by atoms with E-state index in [0.717, 1.165) is 24.4 Å². The lowest BCUT2D eigenvalue weighted by molar-refractivity contribution is -0.121. The number of nitrogens with one attached hydrogen (secondary N) is 2. The van der Waals surface area contributed by atoms with Crippen LogP contribution < -0.4 is 15.4 Å². The number of morpholine rings is 1. The van der Waals surface area contributed by atoms with Crippen molar-refractivity contribution in [2.75, 3.05) is 33.4 Å². The van der Waals surface area contributed by atoms with Crippen molar-refractivity contribution >= 4 is 5.91 Å². The Balaban J connectivity index is 1.80. The lowest BCUT2D eigenvalue weighted by atomic mass is 10.1. The number of ether oxygens (including phenoxy) is 2. The Morgan fingerprint density at radius 1 is 1.53 bits per heavy atom. The van der Waals surface area contributed by atoms with Crippen LogP contribution in [-0.2, 0) is 16.0 Å². The van der Waals surface area contributed by atoms with Crippen molar-refractivity contribution in [1.82, 2.24) is 10.6 Å². The smallest absolute Gasteiger partial charge is 0.224 e. The van der Waals surface area contributed by atoms with Crippen molar-refractivity contribution in [1.29, 1.82) is 0 Å². The Morgan fingerprint density at radius 3 is 3.11 bits per heavy atom. The predicted molar refractivity (Wildman–Crippen MR) is 72.3 cm³/mol. The monoisotopic (exact) mass is 264 g/mol. The molecular formula is C14H20N2O3. The summed E-state index contributed by atoms with van der Waals surface area (Å²) < 4.78 is 10.7. The van der Waals surface area contributed by atoms with Gasteiger partial charge in [-0.3, -0.25) is 4.79 Å². The molecule has 1 aliphatic heterocycles. The Labute approximate surface area is 113 Å². The summed E-state index contributed by atoms with van der Waals surface area (Å²) in [6.45, 7) is 2.91. The van der Waals surface area contributed by atoms with Crippen LogP contribution in [0.25, 0.3) is 0 Å². The number of methoxy groups -OCH3 is 1. The minimum absolute atomic E-state index is 0.0151. The van der Waals surface area contributed by atoms with Crippen LogP contribution >= 0.6 is 0 Å². The highest BCUT2D eigenvalue weighted by molar-refractivity contribution is 5.79. The number of hydrogen-bond donors (Lipinski definition) is 2. The molecule has 1 amide bonds. The van der Waals surface area contributed by atoms with Gasteiger partial charge in [-0.15, -0.1) is 0 Å². The second-order valence-corrected chi connectivity index (χ2v) is 4.49. The number of carbonyl (C=O) groups is 1. The SMILES string of the molecule is COc1ccccc1CC(=O)NCC1CNCCO1. The molecule has 19 heavy (non-hydrogen) atoms. The summed E-state index contributed by atoms with van der Waals surface area (Å²) >= 11 is 0. The van der Waals surface area contributed by atoms with Gasteiger partial charge in [-0.25, -0.2) is 0 Å². The maximum Gasteiger partial charge on any atom is 0.224 e. The van der Waals surface area contributed by atoms with E-state index in [9.17, 15) is 4.79 Å². The Morgan fingerprint density at radius 2 is 2.37 bits per heavy atom. The number of carbonyl (C=O) groups excluding carboxylic acids is 1. The molecule has 1 aromatic carbocycles. The quantitative estimate of drug-likeness (QED) is 0.805. The normalized spacial score (nSPS) is 18.9. The van der Waals surface area contributed by atoms with Gasteiger partial charge in [-0.1, -0.05) is 18.2 Å². The summed E-state index contributed by atoms with van der Waals surface area (Å²) in [4.78, 5) is 11.9. The lowest BCUT2D eigenvalue weighted by Gasteiger charge is -2.23. The zero-order valence-electron chi connectivity index (χ0n) is 11.1. The molecule has 2 rings (SSSR count). The standard InChI is InChI=1S/C14H20N2O3/c1-18-13-5-3-2-4-11(13)8-14(17)16-10-12-9-15-6-7-19-12/h2-5,12,15H,6-10H2,1H3,(H,16,17). The fourth-order valence-corrected chi connectivity index (χ4v) is 2.06. The van der Waals surface area contributed by atoms with Gasteiger partial charge in [0.25, 0.3) is 0 Å². The van der Waals surface area contributed by atoms with E-state index in [2.05, 4.69) is 10.6 Å². The molecule has 1 unspecified atom stereocenters. The molecule has 0 radical (unpaired) electrons. The minimum Gasteiger partial charge on any atom is -0.496 e. The summed E-state index contributed by atoms with van der Waals surface area (Å²) in [6, 6.07) is 7.55. The van der Waals surface area contributed by atoms with Crippen LogP contribution in [0.15, 0.2) is 24.3 Å². The first-order valence-electron chi connectivity index (χ1n) is 6.50. The Hall–Kier alpha value is -1.59. The van der Waals surface area contributed by atoms with Gasteiger partial charge in [0, 0.05) is 25.2 Å². The minimum atomic E-state index is -0.0151. The first-order valence-corrected chi connectivity index (χ1v) is 6.50. The third-order valence-corrected chi connectivity index (χ3v) is 3.07. The number of amides is 1. The molecule has 2 N–H and O–H groups in total. The summed E-state index contributed by atoms with van der Waals surface area (Å²) in [7, 11) is 1.61. The maximum absolute atomic E-state index is 11.9. The molecule has 0 bridgehead atoms. The summed E-state index contributed by atoms with van der Waals surface area (Å²) in [5, 5.41) is 6.12. The molecule has 1 saturated heterocycles. The highest BCUT2D eigenvalue weighted by Gasteiger charge is 2.15. The van der Waals surface area contributed by atoms with Crippen molar-refractivity contribution in [2.45, 2.75) is 12.5 Å². The fraction of sp³-hybridized carbons (Fsp3) is 0.500. The summed E-state index contributed by atoms with van der Waals surface area (Å²) in [6.07, 6.45) is 0.389. The van der Waals surface area contributed by atoms with Crippen LogP contribution in [0.1, 0.15) is 5.56 Å². The van der Waals surface area contributed by atoms with Crippen LogP contribution in [0.2, 0.25) is 0 Å². The van der Waals surface area contributed by atoms with Gasteiger partial charge in [0.15, 0.2) is 0 Å². The van der Waals surface area contributed by atoms with Crippen molar-refractivity contribution in [3.05, 3.63) is 29.8 Å². The van der Waals surface area contributed by atoms with Crippen LogP contribution in [-0.4, -0.2) is 45.4 Å². The van der Waals surface area contributed by atoms with E-state index in [-0.39, 0.29) is 12.0 Å². The van der Waals surface area contributed by atoms with E-state index >= 15 is 0 Å². The topological polar surface area (TPSA) is 59.6 Å². The highest BCUT2D eigenvalue weighted by Crippen LogP contribution is 2.17. The average Bonchev–Trinajstić information content (AvgIpc) is 2.47. The van der Waals surface area contributed by atoms with Gasteiger partial charge in [0.2, 0.25) is 5.91 Å². The van der Waals surface area contributed by atoms with E-state index in [1.165, 1.54) is 0 Å². The lowest BCUT2D eigenvalue weighted by Crippen LogP contribution is -2.45. The Kier molecular flexibility index (Phi) is 5.18. The third kappa shape index (κ3) is 4.22. The van der Waals surface area contributed by atoms with Gasteiger partial charge in [-0.2, -0.15) is 0 Å². The molecule has 5 heteroatoms. The molecule has 1 fully saturated rings. The molecule has 1 aromatic rings. The van der Waals surface area contributed by atoms with Crippen molar-refractivity contribution in [2.24, 2.45) is 0 Å². The summed E-state index contributed by atoms with van der Waals surface area (Å²) in [5.41, 5.74) is 0.894. The molecule has 5 nitrogen and oxygen atoms in total. The maximum atomic E-state index is 11.9. The second kappa shape index (κ2) is 7.11. The third-order valence-electron chi connectivity index (χ3n) is 3.07. The number of para-hydroxylation sites is 1. The first-order chi connectivity index (χ1) is 9.29. The van der Waals surface area contributed by atoms with E-state index in [4.69, 9.17) is 9.47 Å². The Bertz CT molecular complexity index is 417. The van der Waals surface area contributed by atoms with Gasteiger partial charge in [0.1, 0.15) is 5.75 Å². The van der Waals surface area contributed by atoms with Crippen molar-refractivity contribution in [3.8, 4) is 5.75 Å². The molecule has 104 valence electrons. The highest BCUT2D eigenvalue weighted by atomic mass is 16.5. The van der Waals surface area contributed by atoms with Crippen LogP contribution in [0, 0.1) is 0 Å². The first kappa shape index (κ1) is 13.8. The number of benzene rings is 1. The molecule has 0 aromatic heterocycles. The molecule has 1 heterocycles. The zero-order chi connectivity index (χ0) is 13.5. The molecule has 1 aliphatic rings. The molecule has 0 aliphatic carbocycles. The van der Waals surface area contributed by atoms with E-state index in [1.807, 2.05) is 24.3 Å². The van der Waals surface area contributed by atoms with E-state index < -0.39 is 0 Å². The molecule has 0 spiro atoms. The largest absolute Gasteiger partial charge is 0.496 e. The summed E-state index contributed by atoms with van der Waals surface area (Å²) in [5.74, 6) is 0.729.